The fraction of sp³-hybridized carbons (Fsp3) is 0.375. The summed E-state index contributed by atoms with van der Waals surface area (Å²) in [5.41, 5.74) is 1.41. The van der Waals surface area contributed by atoms with Gasteiger partial charge in [0.05, 0.1) is 17.9 Å². The van der Waals surface area contributed by atoms with Crippen LogP contribution in [-0.2, 0) is 6.54 Å². The number of amides is 1. The average molecular weight is 287 g/mol. The average Bonchev–Trinajstić information content (AvgIpc) is 2.80. The number of aromatic nitrogens is 2. The van der Waals surface area contributed by atoms with Crippen LogP contribution in [0.4, 0.5) is 5.82 Å². The van der Waals surface area contributed by atoms with Crippen molar-refractivity contribution in [3.63, 3.8) is 0 Å². The molecule has 0 bridgehead atoms. The molecule has 1 amide bonds. The van der Waals surface area contributed by atoms with Crippen LogP contribution in [-0.4, -0.2) is 22.3 Å². The highest BCUT2D eigenvalue weighted by Crippen LogP contribution is 2.20. The third-order valence-corrected chi connectivity index (χ3v) is 3.01. The Morgan fingerprint density at radius 3 is 2.81 bits per heavy atom. The summed E-state index contributed by atoms with van der Waals surface area (Å²) in [5, 5.41) is 7.29. The van der Waals surface area contributed by atoms with E-state index in [-0.39, 0.29) is 5.91 Å². The Labute approximate surface area is 124 Å². The number of carbonyl (C=O) groups excluding carboxylic acids is 1. The van der Waals surface area contributed by atoms with Gasteiger partial charge < -0.3 is 10.1 Å². The Kier molecular flexibility index (Phi) is 4.98. The molecule has 0 spiro atoms. The molecular weight excluding hydrogens is 266 g/mol. The molecule has 0 fully saturated rings. The first-order valence-corrected chi connectivity index (χ1v) is 7.23. The number of carbonyl (C=O) groups is 1. The van der Waals surface area contributed by atoms with E-state index in [1.807, 2.05) is 36.7 Å². The lowest BCUT2D eigenvalue weighted by molar-refractivity contribution is 0.102. The van der Waals surface area contributed by atoms with Crippen molar-refractivity contribution in [3.8, 4) is 5.75 Å². The number of nitrogens with zero attached hydrogens (tertiary/aromatic N) is 2. The van der Waals surface area contributed by atoms with Gasteiger partial charge in [-0.25, -0.2) is 4.68 Å². The molecule has 0 aliphatic heterocycles. The zero-order valence-corrected chi connectivity index (χ0v) is 12.7. The molecule has 0 radical (unpaired) electrons. The highest BCUT2D eigenvalue weighted by molar-refractivity contribution is 6.05. The Hall–Kier alpha value is -2.30. The second-order valence-electron chi connectivity index (χ2n) is 4.78. The monoisotopic (exact) mass is 287 g/mol. The van der Waals surface area contributed by atoms with Crippen LogP contribution in [0, 0.1) is 6.92 Å². The van der Waals surface area contributed by atoms with Crippen LogP contribution in [0.1, 0.15) is 36.3 Å². The van der Waals surface area contributed by atoms with Gasteiger partial charge in [0.2, 0.25) is 0 Å². The summed E-state index contributed by atoms with van der Waals surface area (Å²) in [7, 11) is 0. The molecule has 112 valence electrons. The van der Waals surface area contributed by atoms with Gasteiger partial charge in [0, 0.05) is 12.6 Å². The van der Waals surface area contributed by atoms with Crippen LogP contribution in [0.2, 0.25) is 0 Å². The van der Waals surface area contributed by atoms with E-state index in [1.165, 1.54) is 0 Å². The molecule has 21 heavy (non-hydrogen) atoms. The summed E-state index contributed by atoms with van der Waals surface area (Å²) in [5.74, 6) is 1.12. The second kappa shape index (κ2) is 6.92. The summed E-state index contributed by atoms with van der Waals surface area (Å²) in [6.07, 6.45) is 0.958. The van der Waals surface area contributed by atoms with E-state index >= 15 is 0 Å². The molecule has 2 aromatic rings. The molecule has 0 atom stereocenters. The number of nitrogens with one attached hydrogen (secondary N) is 1. The van der Waals surface area contributed by atoms with Crippen molar-refractivity contribution in [3.05, 3.63) is 41.6 Å². The molecule has 2 rings (SSSR count). The van der Waals surface area contributed by atoms with Crippen molar-refractivity contribution < 1.29 is 9.53 Å². The van der Waals surface area contributed by atoms with Crippen molar-refractivity contribution in [2.45, 2.75) is 33.7 Å². The lowest BCUT2D eigenvalue weighted by atomic mass is 10.2. The smallest absolute Gasteiger partial charge is 0.260 e. The number of hydrogen-bond donors (Lipinski definition) is 1. The Morgan fingerprint density at radius 1 is 1.33 bits per heavy atom. The van der Waals surface area contributed by atoms with E-state index in [9.17, 15) is 4.79 Å². The topological polar surface area (TPSA) is 56.2 Å². The number of hydrogen-bond acceptors (Lipinski definition) is 3. The Balaban J connectivity index is 2.22. The lowest BCUT2D eigenvalue weighted by Gasteiger charge is -2.11. The number of ether oxygens (including phenoxy) is 1. The molecule has 1 aromatic carbocycles. The van der Waals surface area contributed by atoms with Crippen LogP contribution < -0.4 is 10.1 Å². The highest BCUT2D eigenvalue weighted by atomic mass is 16.5. The second-order valence-corrected chi connectivity index (χ2v) is 4.78. The van der Waals surface area contributed by atoms with E-state index in [4.69, 9.17) is 4.74 Å². The highest BCUT2D eigenvalue weighted by Gasteiger charge is 2.14. The van der Waals surface area contributed by atoms with Crippen LogP contribution >= 0.6 is 0 Å². The standard InChI is InChI=1S/C16H21N3O2/c1-4-10-19-15(11-12(3)18-19)17-16(20)13-8-6-7-9-14(13)21-5-2/h6-9,11H,4-5,10H2,1-3H3,(H,17,20). The van der Waals surface area contributed by atoms with Crippen LogP contribution in [0.3, 0.4) is 0 Å². The third-order valence-electron chi connectivity index (χ3n) is 3.01. The van der Waals surface area contributed by atoms with Crippen LogP contribution in [0.25, 0.3) is 0 Å². The maximum absolute atomic E-state index is 12.4. The summed E-state index contributed by atoms with van der Waals surface area (Å²) in [6.45, 7) is 7.19. The van der Waals surface area contributed by atoms with Crippen molar-refractivity contribution in [2.24, 2.45) is 0 Å². The molecule has 0 unspecified atom stereocenters. The van der Waals surface area contributed by atoms with Gasteiger partial charge in [-0.1, -0.05) is 19.1 Å². The van der Waals surface area contributed by atoms with E-state index in [0.29, 0.717) is 23.7 Å². The summed E-state index contributed by atoms with van der Waals surface area (Å²) < 4.78 is 7.31. The number of para-hydroxylation sites is 1. The van der Waals surface area contributed by atoms with Crippen LogP contribution in [0.5, 0.6) is 5.75 Å². The minimum atomic E-state index is -0.184. The quantitative estimate of drug-likeness (QED) is 0.887. The fourth-order valence-electron chi connectivity index (χ4n) is 2.15. The van der Waals surface area contributed by atoms with Gasteiger partial charge in [0.15, 0.2) is 0 Å². The fourth-order valence-corrected chi connectivity index (χ4v) is 2.15. The number of rotatable bonds is 6. The zero-order chi connectivity index (χ0) is 15.2. The predicted octanol–water partition coefficient (Wildman–Crippen LogP) is 3.25. The Morgan fingerprint density at radius 2 is 2.10 bits per heavy atom. The molecule has 1 aromatic heterocycles. The maximum Gasteiger partial charge on any atom is 0.260 e. The van der Waals surface area contributed by atoms with Gasteiger partial charge >= 0.3 is 0 Å². The van der Waals surface area contributed by atoms with Gasteiger partial charge in [0.1, 0.15) is 11.6 Å². The molecule has 0 saturated carbocycles. The lowest BCUT2D eigenvalue weighted by Crippen LogP contribution is -2.17. The van der Waals surface area contributed by atoms with Crippen molar-refractivity contribution in [2.75, 3.05) is 11.9 Å². The van der Waals surface area contributed by atoms with Crippen molar-refractivity contribution >= 4 is 11.7 Å². The first-order valence-electron chi connectivity index (χ1n) is 7.23. The van der Waals surface area contributed by atoms with E-state index in [0.717, 1.165) is 18.7 Å². The minimum absolute atomic E-state index is 0.184. The first kappa shape index (κ1) is 15.1. The molecule has 1 heterocycles. The van der Waals surface area contributed by atoms with E-state index < -0.39 is 0 Å². The Bertz CT molecular complexity index is 620. The van der Waals surface area contributed by atoms with Gasteiger partial charge in [-0.15, -0.1) is 0 Å². The van der Waals surface area contributed by atoms with Crippen molar-refractivity contribution in [1.82, 2.24) is 9.78 Å². The van der Waals surface area contributed by atoms with E-state index in [2.05, 4.69) is 17.3 Å². The summed E-state index contributed by atoms with van der Waals surface area (Å²) >= 11 is 0. The zero-order valence-electron chi connectivity index (χ0n) is 12.7. The SMILES string of the molecule is CCCn1nc(C)cc1NC(=O)c1ccccc1OCC. The molecule has 5 nitrogen and oxygen atoms in total. The molecule has 5 heteroatoms. The first-order chi connectivity index (χ1) is 10.2. The number of aryl methyl sites for hydroxylation is 2. The van der Waals surface area contributed by atoms with Crippen molar-refractivity contribution in [1.29, 1.82) is 0 Å². The summed E-state index contributed by atoms with van der Waals surface area (Å²) in [6, 6.07) is 9.11. The number of benzene rings is 1. The molecular formula is C16H21N3O2. The largest absolute Gasteiger partial charge is 0.493 e. The molecule has 1 N–H and O–H groups in total. The maximum atomic E-state index is 12.4. The van der Waals surface area contributed by atoms with Gasteiger partial charge in [0.25, 0.3) is 5.91 Å². The molecule has 0 aliphatic rings. The van der Waals surface area contributed by atoms with Gasteiger partial charge in [-0.3, -0.25) is 4.79 Å². The number of anilines is 1. The summed E-state index contributed by atoms with van der Waals surface area (Å²) in [4.78, 5) is 12.4. The predicted molar refractivity (Wildman–Crippen MR) is 82.8 cm³/mol. The molecule has 0 aliphatic carbocycles. The minimum Gasteiger partial charge on any atom is -0.493 e. The normalized spacial score (nSPS) is 10.4. The van der Waals surface area contributed by atoms with Gasteiger partial charge in [-0.05, 0) is 32.4 Å². The third kappa shape index (κ3) is 3.62. The van der Waals surface area contributed by atoms with E-state index in [1.54, 1.807) is 12.1 Å². The molecule has 0 saturated heterocycles. The van der Waals surface area contributed by atoms with Crippen LogP contribution in [0.15, 0.2) is 30.3 Å². The van der Waals surface area contributed by atoms with Gasteiger partial charge in [-0.2, -0.15) is 5.10 Å².